The zero-order valence-corrected chi connectivity index (χ0v) is 21.8. The summed E-state index contributed by atoms with van der Waals surface area (Å²) in [6.07, 6.45) is -0.308. The molecule has 0 unspecified atom stereocenters. The van der Waals surface area contributed by atoms with Gasteiger partial charge in [0.2, 0.25) is 0 Å². The summed E-state index contributed by atoms with van der Waals surface area (Å²) in [5.74, 6) is 1.14. The summed E-state index contributed by atoms with van der Waals surface area (Å²) in [7, 11) is -3.80. The van der Waals surface area contributed by atoms with Crippen LogP contribution in [0, 0.1) is 0 Å². The van der Waals surface area contributed by atoms with Crippen molar-refractivity contribution in [1.82, 2.24) is 0 Å². The Hall–Kier alpha value is 0.334. The van der Waals surface area contributed by atoms with Crippen molar-refractivity contribution >= 4 is 34.2 Å². The van der Waals surface area contributed by atoms with Gasteiger partial charge in [-0.3, -0.25) is 4.79 Å². The number of ether oxygens (including phenoxy) is 1. The molecule has 1 saturated heterocycles. The molecule has 1 aliphatic heterocycles. The molecule has 0 aromatic carbocycles. The molecule has 0 aromatic rings. The Bertz CT molecular complexity index is 467. The molecule has 0 aliphatic carbocycles. The predicted octanol–water partition coefficient (Wildman–Crippen LogP) is 5.84. The molecule has 0 amide bonds. The second-order valence-corrected chi connectivity index (χ2v) is 20.1. The van der Waals surface area contributed by atoms with Gasteiger partial charge in [0.25, 0.3) is 0 Å². The van der Waals surface area contributed by atoms with Crippen molar-refractivity contribution in [3.05, 3.63) is 0 Å². The summed E-state index contributed by atoms with van der Waals surface area (Å²) in [5, 5.41) is 0.133. The van der Waals surface area contributed by atoms with Gasteiger partial charge >= 0.3 is 0 Å². The normalized spacial score (nSPS) is 25.1. The molecule has 1 heterocycles. The van der Waals surface area contributed by atoms with E-state index in [2.05, 4.69) is 61.6 Å². The van der Waals surface area contributed by atoms with E-state index in [0.29, 0.717) is 13.0 Å². The Morgan fingerprint density at radius 3 is 2.11 bits per heavy atom. The first-order chi connectivity index (χ1) is 12.4. The molecule has 7 heteroatoms. The fourth-order valence-corrected chi connectivity index (χ4v) is 7.84. The standard InChI is InChI=1S/C20H42O4SSi2/c1-10-25-18-14-16(21)19(24-27(11-2,12-3)13-4)17(23-18)15-22-26(8,9)20(5,6)7/h17-19H,10-15H2,1-9H3/t17-,18-,19+/m1/s1. The second-order valence-electron chi connectivity index (χ2n) is 9.08. The Morgan fingerprint density at radius 1 is 1.11 bits per heavy atom. The Morgan fingerprint density at radius 2 is 1.67 bits per heavy atom. The zero-order chi connectivity index (χ0) is 20.9. The van der Waals surface area contributed by atoms with Crippen molar-refractivity contribution < 1.29 is 18.4 Å². The molecule has 160 valence electrons. The Kier molecular flexibility index (Phi) is 9.76. The van der Waals surface area contributed by atoms with Crippen molar-refractivity contribution in [1.29, 1.82) is 0 Å². The Labute approximate surface area is 173 Å². The highest BCUT2D eigenvalue weighted by atomic mass is 32.2. The molecule has 0 saturated carbocycles. The van der Waals surface area contributed by atoms with Gasteiger partial charge in [-0.1, -0.05) is 48.5 Å². The van der Waals surface area contributed by atoms with Crippen LogP contribution in [0.1, 0.15) is 54.9 Å². The van der Waals surface area contributed by atoms with Crippen molar-refractivity contribution in [2.75, 3.05) is 12.4 Å². The monoisotopic (exact) mass is 434 g/mol. The maximum Gasteiger partial charge on any atom is 0.193 e. The maximum absolute atomic E-state index is 13.0. The molecule has 0 bridgehead atoms. The van der Waals surface area contributed by atoms with Crippen LogP contribution in [0.15, 0.2) is 0 Å². The molecule has 1 fully saturated rings. The molecule has 0 spiro atoms. The molecule has 1 rings (SSSR count). The molecule has 3 atom stereocenters. The van der Waals surface area contributed by atoms with Gasteiger partial charge in [-0.15, -0.1) is 11.8 Å². The van der Waals surface area contributed by atoms with Gasteiger partial charge in [0.1, 0.15) is 17.6 Å². The Balaban J connectivity index is 3.00. The maximum atomic E-state index is 13.0. The van der Waals surface area contributed by atoms with Gasteiger partial charge in [-0.2, -0.15) is 0 Å². The fourth-order valence-electron chi connectivity index (χ4n) is 3.13. The highest BCUT2D eigenvalue weighted by molar-refractivity contribution is 7.99. The average Bonchev–Trinajstić information content (AvgIpc) is 2.59. The zero-order valence-electron chi connectivity index (χ0n) is 19.0. The highest BCUT2D eigenvalue weighted by Gasteiger charge is 2.45. The lowest BCUT2D eigenvalue weighted by molar-refractivity contribution is -0.151. The summed E-state index contributed by atoms with van der Waals surface area (Å²) in [6, 6.07) is 3.10. The van der Waals surface area contributed by atoms with Crippen LogP contribution in [0.3, 0.4) is 0 Å². The van der Waals surface area contributed by atoms with Crippen LogP contribution >= 0.6 is 11.8 Å². The van der Waals surface area contributed by atoms with E-state index in [-0.39, 0.29) is 22.4 Å². The van der Waals surface area contributed by atoms with E-state index in [0.717, 1.165) is 23.9 Å². The molecular weight excluding hydrogens is 392 g/mol. The van der Waals surface area contributed by atoms with Gasteiger partial charge in [0, 0.05) is 6.42 Å². The minimum Gasteiger partial charge on any atom is -0.414 e. The predicted molar refractivity (Wildman–Crippen MR) is 122 cm³/mol. The number of hydrogen-bond acceptors (Lipinski definition) is 5. The SMILES string of the molecule is CCS[C@@H]1CC(=O)[C@H](O[Si](CC)(CC)CC)[C@@H](CO[Si](C)(C)C(C)(C)C)O1. The first-order valence-electron chi connectivity index (χ1n) is 10.6. The number of rotatable bonds is 10. The van der Waals surface area contributed by atoms with Crippen LogP contribution < -0.4 is 0 Å². The third kappa shape index (κ3) is 6.67. The van der Waals surface area contributed by atoms with Crippen LogP contribution in [-0.4, -0.2) is 52.4 Å². The largest absolute Gasteiger partial charge is 0.414 e. The average molecular weight is 435 g/mol. The third-order valence-electron chi connectivity index (χ3n) is 6.43. The van der Waals surface area contributed by atoms with Crippen LogP contribution in [0.2, 0.25) is 36.3 Å². The number of carbonyl (C=O) groups is 1. The van der Waals surface area contributed by atoms with Gasteiger partial charge in [0.05, 0.1) is 6.61 Å². The molecule has 0 radical (unpaired) electrons. The first-order valence-corrected chi connectivity index (χ1v) is 17.1. The van der Waals surface area contributed by atoms with Crippen LogP contribution in [0.25, 0.3) is 0 Å². The van der Waals surface area contributed by atoms with E-state index in [4.69, 9.17) is 13.6 Å². The van der Waals surface area contributed by atoms with Crippen LogP contribution in [0.5, 0.6) is 0 Å². The molecule has 0 aromatic heterocycles. The van der Waals surface area contributed by atoms with Gasteiger partial charge in [-0.05, 0) is 42.0 Å². The number of thioether (sulfide) groups is 1. The lowest BCUT2D eigenvalue weighted by Crippen LogP contribution is -2.55. The number of carbonyl (C=O) groups excluding carboxylic acids is 1. The van der Waals surface area contributed by atoms with Crippen molar-refractivity contribution in [3.63, 3.8) is 0 Å². The van der Waals surface area contributed by atoms with Crippen LogP contribution in [0.4, 0.5) is 0 Å². The van der Waals surface area contributed by atoms with Gasteiger partial charge in [-0.25, -0.2) is 0 Å². The van der Waals surface area contributed by atoms with E-state index >= 15 is 0 Å². The molecule has 4 nitrogen and oxygen atoms in total. The summed E-state index contributed by atoms with van der Waals surface area (Å²) >= 11 is 1.70. The minimum atomic E-state index is -1.91. The highest BCUT2D eigenvalue weighted by Crippen LogP contribution is 2.38. The topological polar surface area (TPSA) is 44.8 Å². The molecular formula is C20H42O4SSi2. The van der Waals surface area contributed by atoms with Gasteiger partial charge in [0.15, 0.2) is 22.4 Å². The summed E-state index contributed by atoms with van der Waals surface area (Å²) < 4.78 is 19.4. The van der Waals surface area contributed by atoms with E-state index in [9.17, 15) is 4.79 Å². The molecule has 1 aliphatic rings. The third-order valence-corrected chi connectivity index (χ3v) is 16.5. The van der Waals surface area contributed by atoms with E-state index < -0.39 is 22.7 Å². The summed E-state index contributed by atoms with van der Waals surface area (Å²) in [4.78, 5) is 13.0. The van der Waals surface area contributed by atoms with Crippen LogP contribution in [-0.2, 0) is 18.4 Å². The lowest BCUT2D eigenvalue weighted by atomic mass is 10.1. The van der Waals surface area contributed by atoms with E-state index in [1.165, 1.54) is 0 Å². The van der Waals surface area contributed by atoms with Gasteiger partial charge < -0.3 is 13.6 Å². The molecule has 0 N–H and O–H groups in total. The quantitative estimate of drug-likeness (QED) is 0.404. The summed E-state index contributed by atoms with van der Waals surface area (Å²) in [6.45, 7) is 20.3. The second kappa shape index (κ2) is 10.4. The smallest absolute Gasteiger partial charge is 0.193 e. The lowest BCUT2D eigenvalue weighted by Gasteiger charge is -2.42. The van der Waals surface area contributed by atoms with E-state index in [1.54, 1.807) is 11.8 Å². The van der Waals surface area contributed by atoms with Crippen molar-refractivity contribution in [3.8, 4) is 0 Å². The summed E-state index contributed by atoms with van der Waals surface area (Å²) in [5.41, 5.74) is -0.0729. The fraction of sp³-hybridized carbons (Fsp3) is 0.950. The van der Waals surface area contributed by atoms with E-state index in [1.807, 2.05) is 0 Å². The number of Topliss-reactive ketones (excluding diaryl/α,β-unsaturated/α-hetero) is 1. The minimum absolute atomic E-state index is 0.0729. The van der Waals surface area contributed by atoms with Crippen molar-refractivity contribution in [2.45, 2.75) is 109 Å². The number of hydrogen-bond donors (Lipinski definition) is 0. The first kappa shape index (κ1) is 25.4. The number of ketones is 1. The molecule has 27 heavy (non-hydrogen) atoms. The van der Waals surface area contributed by atoms with Crippen molar-refractivity contribution in [2.24, 2.45) is 0 Å².